The number of carbonyl (C=O) groups excluding carboxylic acids is 3. The Labute approximate surface area is 123 Å². The summed E-state index contributed by atoms with van der Waals surface area (Å²) < 4.78 is 0. The summed E-state index contributed by atoms with van der Waals surface area (Å²) in [5.74, 6) is 0.118. The number of amides is 3. The lowest BCUT2D eigenvalue weighted by atomic mass is 10.1. The molecule has 2 saturated heterocycles. The van der Waals surface area contributed by atoms with Crippen LogP contribution in [0.25, 0.3) is 0 Å². The Morgan fingerprint density at radius 1 is 1.33 bits per heavy atom. The Bertz CT molecular complexity index is 477. The fraction of sp³-hybridized carbons (Fsp3) is 0.786. The molecule has 0 aromatic heterocycles. The van der Waals surface area contributed by atoms with Gasteiger partial charge < -0.3 is 19.8 Å². The van der Waals surface area contributed by atoms with Crippen LogP contribution in [0.2, 0.25) is 0 Å². The smallest absolute Gasteiger partial charge is 0.247 e. The van der Waals surface area contributed by atoms with Gasteiger partial charge in [-0.1, -0.05) is 0 Å². The summed E-state index contributed by atoms with van der Waals surface area (Å²) in [6.45, 7) is 2.72. The van der Waals surface area contributed by atoms with Crippen LogP contribution in [0.3, 0.4) is 0 Å². The molecule has 0 radical (unpaired) electrons. The molecular weight excluding hydrogens is 274 g/mol. The van der Waals surface area contributed by atoms with Crippen molar-refractivity contribution in [3.05, 3.63) is 0 Å². The Kier molecular flexibility index (Phi) is 3.61. The van der Waals surface area contributed by atoms with E-state index < -0.39 is 12.1 Å². The van der Waals surface area contributed by atoms with Crippen molar-refractivity contribution in [1.29, 1.82) is 0 Å². The highest BCUT2D eigenvalue weighted by Crippen LogP contribution is 2.31. The van der Waals surface area contributed by atoms with E-state index in [1.165, 1.54) is 16.7 Å². The van der Waals surface area contributed by atoms with Gasteiger partial charge in [-0.15, -0.1) is 0 Å². The summed E-state index contributed by atoms with van der Waals surface area (Å²) in [7, 11) is 0. The lowest BCUT2D eigenvalue weighted by molar-refractivity contribution is -0.142. The van der Waals surface area contributed by atoms with Gasteiger partial charge in [-0.2, -0.15) is 0 Å². The number of nitrogens with zero attached hydrogens (tertiary/aromatic N) is 3. The van der Waals surface area contributed by atoms with Gasteiger partial charge >= 0.3 is 0 Å². The van der Waals surface area contributed by atoms with E-state index in [0.717, 1.165) is 19.4 Å². The van der Waals surface area contributed by atoms with Crippen LogP contribution in [-0.2, 0) is 14.4 Å². The second-order valence-electron chi connectivity index (χ2n) is 6.31. The maximum absolute atomic E-state index is 12.5. The number of likely N-dealkylation sites (tertiary alicyclic amines) is 1. The predicted octanol–water partition coefficient (Wildman–Crippen LogP) is -0.994. The van der Waals surface area contributed by atoms with Crippen molar-refractivity contribution in [3.8, 4) is 0 Å². The van der Waals surface area contributed by atoms with Crippen LogP contribution in [0.15, 0.2) is 0 Å². The molecule has 21 heavy (non-hydrogen) atoms. The van der Waals surface area contributed by atoms with Crippen LogP contribution in [0.1, 0.15) is 26.2 Å². The highest BCUT2D eigenvalue weighted by molar-refractivity contribution is 5.92. The fourth-order valence-corrected chi connectivity index (χ4v) is 3.12. The predicted molar refractivity (Wildman–Crippen MR) is 72.8 cm³/mol. The molecule has 3 aliphatic rings. The number of β-amino-alcohol motifs (C(OH)–C–C–N with tert-alkyl or cyclic N) is 1. The fourth-order valence-electron chi connectivity index (χ4n) is 3.12. The van der Waals surface area contributed by atoms with Gasteiger partial charge in [0.15, 0.2) is 0 Å². The summed E-state index contributed by atoms with van der Waals surface area (Å²) in [5.41, 5.74) is 0. The summed E-state index contributed by atoms with van der Waals surface area (Å²) in [6, 6.07) is -0.633. The van der Waals surface area contributed by atoms with Gasteiger partial charge in [0.1, 0.15) is 12.6 Å². The lowest BCUT2D eigenvalue weighted by Crippen LogP contribution is -2.47. The summed E-state index contributed by atoms with van der Waals surface area (Å²) in [6.07, 6.45) is 1.91. The van der Waals surface area contributed by atoms with E-state index in [1.54, 1.807) is 4.90 Å². The minimum absolute atomic E-state index is 0.0248. The van der Waals surface area contributed by atoms with E-state index in [9.17, 15) is 19.5 Å². The van der Waals surface area contributed by atoms with Crippen LogP contribution >= 0.6 is 0 Å². The topological polar surface area (TPSA) is 81.2 Å². The molecule has 2 heterocycles. The van der Waals surface area contributed by atoms with E-state index in [2.05, 4.69) is 0 Å². The highest BCUT2D eigenvalue weighted by Gasteiger charge is 2.43. The van der Waals surface area contributed by atoms with Gasteiger partial charge in [-0.25, -0.2) is 0 Å². The van der Waals surface area contributed by atoms with Gasteiger partial charge in [0.05, 0.1) is 12.8 Å². The molecule has 1 saturated carbocycles. The van der Waals surface area contributed by atoms with Gasteiger partial charge in [0.25, 0.3) is 0 Å². The minimum Gasteiger partial charge on any atom is -0.391 e. The first-order valence-electron chi connectivity index (χ1n) is 7.47. The molecule has 2 atom stereocenters. The zero-order chi connectivity index (χ0) is 15.1. The molecule has 0 spiro atoms. The third kappa shape index (κ3) is 2.88. The first-order chi connectivity index (χ1) is 9.95. The van der Waals surface area contributed by atoms with E-state index in [4.69, 9.17) is 0 Å². The Morgan fingerprint density at radius 2 is 2.05 bits per heavy atom. The van der Waals surface area contributed by atoms with Crippen molar-refractivity contribution >= 4 is 17.7 Å². The van der Waals surface area contributed by atoms with Crippen LogP contribution in [-0.4, -0.2) is 76.0 Å². The molecule has 3 rings (SSSR count). The van der Waals surface area contributed by atoms with Gasteiger partial charge in [-0.3, -0.25) is 14.4 Å². The quantitative estimate of drug-likeness (QED) is 0.724. The maximum atomic E-state index is 12.5. The molecule has 3 fully saturated rings. The SMILES string of the molecule is CC(=O)N1C[C@H](O)C[C@@H]1C(=O)N1CC(=O)N(CC2CC2)C1. The van der Waals surface area contributed by atoms with Crippen molar-refractivity contribution < 1.29 is 19.5 Å². The zero-order valence-electron chi connectivity index (χ0n) is 12.2. The molecule has 2 aliphatic heterocycles. The average Bonchev–Trinajstić information content (AvgIpc) is 3.04. The minimum atomic E-state index is -0.663. The van der Waals surface area contributed by atoms with Crippen LogP contribution in [0.5, 0.6) is 0 Å². The first kappa shape index (κ1) is 14.3. The number of hydrogen-bond donors (Lipinski definition) is 1. The molecule has 0 unspecified atom stereocenters. The second kappa shape index (κ2) is 5.29. The van der Waals surface area contributed by atoms with Crippen molar-refractivity contribution in [1.82, 2.24) is 14.7 Å². The summed E-state index contributed by atoms with van der Waals surface area (Å²) in [5, 5.41) is 9.70. The zero-order valence-corrected chi connectivity index (χ0v) is 12.2. The van der Waals surface area contributed by atoms with Crippen molar-refractivity contribution in [2.24, 2.45) is 5.92 Å². The largest absolute Gasteiger partial charge is 0.391 e. The molecule has 116 valence electrons. The van der Waals surface area contributed by atoms with Crippen molar-refractivity contribution in [2.75, 3.05) is 26.3 Å². The van der Waals surface area contributed by atoms with Gasteiger partial charge in [0.2, 0.25) is 17.7 Å². The van der Waals surface area contributed by atoms with Crippen molar-refractivity contribution in [2.45, 2.75) is 38.3 Å². The third-order valence-electron chi connectivity index (χ3n) is 4.48. The molecule has 3 amide bonds. The molecule has 1 N–H and O–H groups in total. The van der Waals surface area contributed by atoms with Gasteiger partial charge in [-0.05, 0) is 18.8 Å². The number of aliphatic hydroxyl groups excluding tert-OH is 1. The normalized spacial score (nSPS) is 29.4. The highest BCUT2D eigenvalue weighted by atomic mass is 16.3. The van der Waals surface area contributed by atoms with Crippen LogP contribution in [0, 0.1) is 5.92 Å². The first-order valence-corrected chi connectivity index (χ1v) is 7.47. The molecule has 7 heteroatoms. The molecule has 7 nitrogen and oxygen atoms in total. The number of hydrogen-bond acceptors (Lipinski definition) is 4. The summed E-state index contributed by atoms with van der Waals surface area (Å²) in [4.78, 5) is 40.7. The standard InChI is InChI=1S/C14H21N3O4/c1-9(18)17-6-11(19)4-12(17)14(21)16-7-13(20)15(8-16)5-10-2-3-10/h10-12,19H,2-8H2,1H3/t11-,12-/m1/s1. The molecule has 1 aliphatic carbocycles. The number of carbonyl (C=O) groups is 3. The van der Waals surface area contributed by atoms with Crippen LogP contribution < -0.4 is 0 Å². The lowest BCUT2D eigenvalue weighted by Gasteiger charge is -2.26. The molecule has 0 bridgehead atoms. The van der Waals surface area contributed by atoms with Crippen molar-refractivity contribution in [3.63, 3.8) is 0 Å². The van der Waals surface area contributed by atoms with Crippen LogP contribution in [0.4, 0.5) is 0 Å². The number of aliphatic hydroxyl groups is 1. The third-order valence-corrected chi connectivity index (χ3v) is 4.48. The summed E-state index contributed by atoms with van der Waals surface area (Å²) >= 11 is 0. The average molecular weight is 295 g/mol. The molecule has 0 aromatic carbocycles. The van der Waals surface area contributed by atoms with E-state index in [-0.39, 0.29) is 37.2 Å². The van der Waals surface area contributed by atoms with Gasteiger partial charge in [0, 0.05) is 26.4 Å². The van der Waals surface area contributed by atoms with E-state index >= 15 is 0 Å². The maximum Gasteiger partial charge on any atom is 0.247 e. The molecular formula is C14H21N3O4. The van der Waals surface area contributed by atoms with E-state index in [1.807, 2.05) is 0 Å². The molecule has 0 aromatic rings. The Hall–Kier alpha value is -1.63. The second-order valence-corrected chi connectivity index (χ2v) is 6.31. The number of rotatable bonds is 3. The van der Waals surface area contributed by atoms with E-state index in [0.29, 0.717) is 12.6 Å². The Balaban J connectivity index is 1.64. The Morgan fingerprint density at radius 3 is 2.67 bits per heavy atom. The monoisotopic (exact) mass is 295 g/mol.